The van der Waals surface area contributed by atoms with Crippen molar-refractivity contribution in [3.05, 3.63) is 140 Å². The van der Waals surface area contributed by atoms with Crippen LogP contribution in [0.3, 0.4) is 0 Å². The van der Waals surface area contributed by atoms with Gasteiger partial charge in [-0.1, -0.05) is 107 Å². The largest absolute Gasteiger partial charge is 0.0622 e. The van der Waals surface area contributed by atoms with E-state index in [-0.39, 0.29) is 5.92 Å². The molecule has 0 unspecified atom stereocenters. The van der Waals surface area contributed by atoms with Crippen molar-refractivity contribution in [1.82, 2.24) is 0 Å². The third-order valence-corrected chi connectivity index (χ3v) is 7.01. The molecule has 0 saturated heterocycles. The van der Waals surface area contributed by atoms with E-state index < -0.39 is 0 Å². The Labute approximate surface area is 187 Å². The lowest BCUT2D eigenvalue weighted by molar-refractivity contribution is 0.870. The molecule has 0 N–H and O–H groups in total. The smallest absolute Gasteiger partial charge is 0.0342 e. The van der Waals surface area contributed by atoms with E-state index in [0.29, 0.717) is 0 Å². The molecule has 0 saturated carbocycles. The fourth-order valence-electron chi connectivity index (χ4n) is 4.65. The van der Waals surface area contributed by atoms with Gasteiger partial charge in [-0.25, -0.2) is 0 Å². The van der Waals surface area contributed by atoms with Crippen LogP contribution >= 0.6 is 15.9 Å². The van der Waals surface area contributed by atoms with Crippen molar-refractivity contribution < 1.29 is 0 Å². The second-order valence-electron chi connectivity index (χ2n) is 8.21. The summed E-state index contributed by atoms with van der Waals surface area (Å²) in [7, 11) is 0. The monoisotopic (exact) mass is 452 g/mol. The third kappa shape index (κ3) is 4.00. The second-order valence-corrected chi connectivity index (χ2v) is 9.07. The highest BCUT2D eigenvalue weighted by molar-refractivity contribution is 9.10. The van der Waals surface area contributed by atoms with Crippen molar-refractivity contribution in [2.45, 2.75) is 31.6 Å². The van der Waals surface area contributed by atoms with Gasteiger partial charge in [0, 0.05) is 10.4 Å². The predicted octanol–water partition coefficient (Wildman–Crippen LogP) is 7.51. The molecule has 8 rings (SSSR count). The van der Waals surface area contributed by atoms with Gasteiger partial charge in [0.05, 0.1) is 0 Å². The summed E-state index contributed by atoms with van der Waals surface area (Å²) in [5.74, 6) is 0.262. The number of rotatable bonds is 3. The van der Waals surface area contributed by atoms with Crippen molar-refractivity contribution >= 4 is 15.9 Å². The summed E-state index contributed by atoms with van der Waals surface area (Å²) >= 11 is 3.79. The fraction of sp³-hybridized carbons (Fsp3) is 0.172. The van der Waals surface area contributed by atoms with Crippen molar-refractivity contribution in [2.24, 2.45) is 0 Å². The number of aryl methyl sites for hydroxylation is 4. The first-order valence-electron chi connectivity index (χ1n) is 10.8. The summed E-state index contributed by atoms with van der Waals surface area (Å²) in [6, 6.07) is 36.0. The van der Waals surface area contributed by atoms with Gasteiger partial charge < -0.3 is 0 Å². The Morgan fingerprint density at radius 2 is 1.07 bits per heavy atom. The molecular formula is C29H25Br. The molecule has 0 nitrogen and oxygen atoms in total. The molecule has 0 amide bonds. The van der Waals surface area contributed by atoms with E-state index in [9.17, 15) is 0 Å². The molecule has 0 spiro atoms. The van der Waals surface area contributed by atoms with E-state index in [4.69, 9.17) is 0 Å². The maximum absolute atomic E-state index is 3.79. The molecule has 30 heavy (non-hydrogen) atoms. The lowest BCUT2D eigenvalue weighted by Gasteiger charge is -2.24. The van der Waals surface area contributed by atoms with Gasteiger partial charge >= 0.3 is 0 Å². The minimum absolute atomic E-state index is 0.262. The number of hydrogen-bond acceptors (Lipinski definition) is 0. The Morgan fingerprint density at radius 1 is 0.533 bits per heavy atom. The van der Waals surface area contributed by atoms with Gasteiger partial charge in [0.15, 0.2) is 0 Å². The lowest BCUT2D eigenvalue weighted by Crippen LogP contribution is -2.09. The van der Waals surface area contributed by atoms with Crippen LogP contribution in [-0.2, 0) is 25.7 Å². The van der Waals surface area contributed by atoms with Gasteiger partial charge in [-0.05, 0) is 70.7 Å². The molecule has 4 aliphatic carbocycles. The summed E-state index contributed by atoms with van der Waals surface area (Å²) in [5.41, 5.74) is 9.85. The minimum Gasteiger partial charge on any atom is -0.0622 e. The molecule has 4 aromatic carbocycles. The topological polar surface area (TPSA) is 0 Å². The maximum Gasteiger partial charge on any atom is 0.0342 e. The highest BCUT2D eigenvalue weighted by Crippen LogP contribution is 2.36. The second kappa shape index (κ2) is 8.62. The number of hydrogen-bond donors (Lipinski definition) is 0. The average molecular weight is 453 g/mol. The Hall–Kier alpha value is -2.64. The molecule has 4 bridgehead atoms. The van der Waals surface area contributed by atoms with Crippen molar-refractivity contribution in [2.75, 3.05) is 0 Å². The Bertz CT molecular complexity index is 1110. The van der Waals surface area contributed by atoms with E-state index in [1.54, 1.807) is 0 Å². The zero-order valence-corrected chi connectivity index (χ0v) is 18.6. The van der Waals surface area contributed by atoms with Crippen LogP contribution in [0.4, 0.5) is 0 Å². The van der Waals surface area contributed by atoms with Crippen LogP contribution < -0.4 is 0 Å². The van der Waals surface area contributed by atoms with Crippen LogP contribution in [0.5, 0.6) is 0 Å². The standard InChI is InChI=1S/C29H25Br/c30-28-20-22-12-16-23-15-11-21(13-17-24(28)18-14-22)19-27(23)29(25-7-3-1-4-8-25)26-9-5-2-6-10-26/h1-11,14-15,18-20,29H,12-13,16-17H2. The number of benzene rings is 4. The fourth-order valence-corrected chi connectivity index (χ4v) is 5.27. The minimum atomic E-state index is 0.262. The Kier molecular flexibility index (Phi) is 5.55. The molecule has 4 aromatic rings. The summed E-state index contributed by atoms with van der Waals surface area (Å²) in [5, 5.41) is 0. The Balaban J connectivity index is 1.64. The molecule has 1 heteroatoms. The van der Waals surface area contributed by atoms with Gasteiger partial charge in [-0.2, -0.15) is 0 Å². The summed E-state index contributed by atoms with van der Waals surface area (Å²) in [6.45, 7) is 0. The molecule has 4 aliphatic rings. The molecule has 148 valence electrons. The lowest BCUT2D eigenvalue weighted by atomic mass is 9.80. The maximum atomic E-state index is 3.79. The third-order valence-electron chi connectivity index (χ3n) is 6.27. The normalized spacial score (nSPS) is 13.3. The highest BCUT2D eigenvalue weighted by atomic mass is 79.9. The quantitative estimate of drug-likeness (QED) is 0.282. The van der Waals surface area contributed by atoms with E-state index in [1.165, 1.54) is 43.4 Å². The first kappa shape index (κ1) is 19.3. The van der Waals surface area contributed by atoms with Crippen LogP contribution in [0, 0.1) is 0 Å². The van der Waals surface area contributed by atoms with Gasteiger partial charge in [-0.3, -0.25) is 0 Å². The number of halogens is 1. The molecular weight excluding hydrogens is 428 g/mol. The molecule has 0 radical (unpaired) electrons. The summed E-state index contributed by atoms with van der Waals surface area (Å²) in [6.07, 6.45) is 4.22. The van der Waals surface area contributed by atoms with Gasteiger partial charge in [-0.15, -0.1) is 0 Å². The molecule has 0 aromatic heterocycles. The van der Waals surface area contributed by atoms with Crippen molar-refractivity contribution in [3.8, 4) is 0 Å². The van der Waals surface area contributed by atoms with Crippen molar-refractivity contribution in [1.29, 1.82) is 0 Å². The molecule has 0 aliphatic heterocycles. The molecule has 0 heterocycles. The zero-order valence-electron chi connectivity index (χ0n) is 17.0. The molecule has 0 atom stereocenters. The van der Waals surface area contributed by atoms with E-state index in [1.807, 2.05) is 0 Å². The molecule has 0 fully saturated rings. The first-order valence-corrected chi connectivity index (χ1v) is 11.6. The average Bonchev–Trinajstić information content (AvgIpc) is 2.78. The van der Waals surface area contributed by atoms with Gasteiger partial charge in [0.1, 0.15) is 0 Å². The van der Waals surface area contributed by atoms with E-state index >= 15 is 0 Å². The van der Waals surface area contributed by atoms with Crippen LogP contribution in [0.25, 0.3) is 0 Å². The highest BCUT2D eigenvalue weighted by Gasteiger charge is 2.20. The summed E-state index contributed by atoms with van der Waals surface area (Å²) in [4.78, 5) is 0. The van der Waals surface area contributed by atoms with Crippen LogP contribution in [-0.4, -0.2) is 0 Å². The van der Waals surface area contributed by atoms with Crippen LogP contribution in [0.15, 0.2) is 102 Å². The SMILES string of the molecule is Brc1cc2ccc1CCc1ccc(c(C(c3ccccc3)c3ccccc3)c1)CC2. The van der Waals surface area contributed by atoms with Crippen LogP contribution in [0.1, 0.15) is 44.9 Å². The van der Waals surface area contributed by atoms with E-state index in [0.717, 1.165) is 25.7 Å². The van der Waals surface area contributed by atoms with Gasteiger partial charge in [0.2, 0.25) is 0 Å². The van der Waals surface area contributed by atoms with Crippen LogP contribution in [0.2, 0.25) is 0 Å². The predicted molar refractivity (Wildman–Crippen MR) is 129 cm³/mol. The summed E-state index contributed by atoms with van der Waals surface area (Å²) < 4.78 is 1.25. The first-order chi connectivity index (χ1) is 14.8. The Morgan fingerprint density at radius 3 is 1.67 bits per heavy atom. The van der Waals surface area contributed by atoms with Gasteiger partial charge in [0.25, 0.3) is 0 Å². The van der Waals surface area contributed by atoms with E-state index in [2.05, 4.69) is 113 Å². The zero-order chi connectivity index (χ0) is 20.3. The van der Waals surface area contributed by atoms with Crippen molar-refractivity contribution in [3.63, 3.8) is 0 Å².